The van der Waals surface area contributed by atoms with E-state index in [9.17, 15) is 19.8 Å². The molecule has 0 saturated carbocycles. The molecule has 0 spiro atoms. The van der Waals surface area contributed by atoms with Crippen molar-refractivity contribution in [2.75, 3.05) is 19.7 Å². The maximum absolute atomic E-state index is 12.3. The Bertz CT molecular complexity index is 1390. The number of hydrogen-bond donors (Lipinski definition) is 3. The van der Waals surface area contributed by atoms with Gasteiger partial charge in [0.2, 0.25) is 0 Å². The van der Waals surface area contributed by atoms with Gasteiger partial charge in [-0.15, -0.1) is 0 Å². The minimum atomic E-state index is -0.849. The zero-order valence-electron chi connectivity index (χ0n) is 25.4. The lowest BCUT2D eigenvalue weighted by Gasteiger charge is -2.38. The van der Waals surface area contributed by atoms with Crippen LogP contribution in [0.1, 0.15) is 67.8 Å². The number of aliphatic hydroxyl groups is 2. The van der Waals surface area contributed by atoms with Crippen LogP contribution in [0.3, 0.4) is 0 Å². The Morgan fingerprint density at radius 2 is 1.73 bits per heavy atom. The molecule has 9 heteroatoms. The maximum atomic E-state index is 12.3. The quantitative estimate of drug-likeness (QED) is 0.276. The first kappa shape index (κ1) is 31.8. The minimum absolute atomic E-state index is 0.00312. The van der Waals surface area contributed by atoms with Crippen molar-refractivity contribution < 1.29 is 34.0 Å². The van der Waals surface area contributed by atoms with E-state index < -0.39 is 18.4 Å². The summed E-state index contributed by atoms with van der Waals surface area (Å²) in [5.74, 6) is -0.841. The van der Waals surface area contributed by atoms with Gasteiger partial charge in [-0.05, 0) is 60.2 Å². The number of aliphatic hydroxyl groups excluding tert-OH is 2. The summed E-state index contributed by atoms with van der Waals surface area (Å²) in [5, 5.41) is 22.2. The molecular weight excluding hydrogens is 560 g/mol. The van der Waals surface area contributed by atoms with Gasteiger partial charge >= 0.3 is 5.97 Å². The maximum Gasteiger partial charge on any atom is 0.303 e. The molecule has 2 aliphatic rings. The molecule has 5 unspecified atom stereocenters. The number of amides is 1. The molecule has 0 aromatic heterocycles. The lowest BCUT2D eigenvalue weighted by Crippen LogP contribution is -2.42. The van der Waals surface area contributed by atoms with Gasteiger partial charge in [0.05, 0.1) is 25.4 Å². The van der Waals surface area contributed by atoms with Crippen LogP contribution in [-0.4, -0.2) is 64.9 Å². The highest BCUT2D eigenvalue weighted by atomic mass is 16.7. The largest absolute Gasteiger partial charge is 0.453 e. The number of hydrogen-bond acceptors (Lipinski definition) is 8. The molecule has 3 aromatic rings. The van der Waals surface area contributed by atoms with Crippen LogP contribution in [-0.2, 0) is 37.0 Å². The standard InChI is InChI=1S/C35H42N2O7/c1-23(42-24(2)40)34(41)36-19-26-5-3-6-30(17-26)27-12-14-29(15-13-27)35-43-32(20-37-16-4-7-31(37)22-39)18-33(44-35)28-10-8-25(21-38)9-11-28/h3,5-6,8-15,17,23,31-33,35,38-39H,4,7,16,18-22H2,1-2H3,(H,36,41). The summed E-state index contributed by atoms with van der Waals surface area (Å²) in [4.78, 5) is 25.7. The second-order valence-corrected chi connectivity index (χ2v) is 11.6. The highest BCUT2D eigenvalue weighted by molar-refractivity contribution is 5.82. The third kappa shape index (κ3) is 8.11. The Hall–Kier alpha value is -3.60. The molecule has 234 valence electrons. The zero-order valence-corrected chi connectivity index (χ0v) is 25.4. The fourth-order valence-corrected chi connectivity index (χ4v) is 5.97. The van der Waals surface area contributed by atoms with E-state index in [0.29, 0.717) is 13.0 Å². The number of nitrogens with one attached hydrogen (secondary N) is 1. The van der Waals surface area contributed by atoms with Crippen LogP contribution in [0, 0.1) is 0 Å². The van der Waals surface area contributed by atoms with Gasteiger partial charge in [-0.25, -0.2) is 0 Å². The van der Waals surface area contributed by atoms with Crippen molar-refractivity contribution in [2.24, 2.45) is 0 Å². The Balaban J connectivity index is 1.29. The average Bonchev–Trinajstić information content (AvgIpc) is 3.50. The Labute approximate surface area is 258 Å². The Morgan fingerprint density at radius 3 is 2.43 bits per heavy atom. The molecule has 0 bridgehead atoms. The summed E-state index contributed by atoms with van der Waals surface area (Å²) in [7, 11) is 0. The van der Waals surface area contributed by atoms with Crippen molar-refractivity contribution in [3.63, 3.8) is 0 Å². The van der Waals surface area contributed by atoms with Crippen molar-refractivity contribution in [2.45, 2.75) is 76.9 Å². The van der Waals surface area contributed by atoms with Crippen molar-refractivity contribution in [3.05, 3.63) is 95.1 Å². The van der Waals surface area contributed by atoms with Crippen LogP contribution in [0.4, 0.5) is 0 Å². The van der Waals surface area contributed by atoms with Crippen LogP contribution in [0.25, 0.3) is 11.1 Å². The van der Waals surface area contributed by atoms with E-state index in [1.165, 1.54) is 6.92 Å². The van der Waals surface area contributed by atoms with Crippen LogP contribution < -0.4 is 5.32 Å². The number of ether oxygens (including phenoxy) is 3. The molecular formula is C35H42N2O7. The fourth-order valence-electron chi connectivity index (χ4n) is 5.97. The number of nitrogens with zero attached hydrogens (tertiary/aromatic N) is 1. The van der Waals surface area contributed by atoms with Crippen LogP contribution >= 0.6 is 0 Å². The first-order valence-electron chi connectivity index (χ1n) is 15.3. The second kappa shape index (κ2) is 14.9. The van der Waals surface area contributed by atoms with Gasteiger partial charge in [-0.3, -0.25) is 14.5 Å². The number of carbonyl (C=O) groups is 2. The lowest BCUT2D eigenvalue weighted by atomic mass is 9.98. The SMILES string of the molecule is CC(=O)OC(C)C(=O)NCc1cccc(-c2ccc(C3OC(CN4CCCC4CO)CC(c4ccc(CO)cc4)O3)cc2)c1. The van der Waals surface area contributed by atoms with Crippen molar-refractivity contribution in [1.82, 2.24) is 10.2 Å². The number of rotatable bonds is 11. The number of carbonyl (C=O) groups excluding carboxylic acids is 2. The van der Waals surface area contributed by atoms with Crippen LogP contribution in [0.15, 0.2) is 72.8 Å². The topological polar surface area (TPSA) is 118 Å². The first-order chi connectivity index (χ1) is 21.3. The van der Waals surface area contributed by atoms with Gasteiger partial charge in [-0.1, -0.05) is 66.7 Å². The monoisotopic (exact) mass is 602 g/mol. The van der Waals surface area contributed by atoms with Crippen molar-refractivity contribution >= 4 is 11.9 Å². The summed E-state index contributed by atoms with van der Waals surface area (Å²) >= 11 is 0. The van der Waals surface area contributed by atoms with E-state index >= 15 is 0 Å². The molecule has 3 N–H and O–H groups in total. The van der Waals surface area contributed by atoms with E-state index in [-0.39, 0.29) is 37.4 Å². The summed E-state index contributed by atoms with van der Waals surface area (Å²) in [6.45, 7) is 4.98. The fraction of sp³-hybridized carbons (Fsp3) is 0.429. The van der Waals surface area contributed by atoms with Crippen molar-refractivity contribution in [3.8, 4) is 11.1 Å². The molecule has 44 heavy (non-hydrogen) atoms. The molecule has 0 aliphatic carbocycles. The molecule has 3 aromatic carbocycles. The van der Waals surface area contributed by atoms with E-state index in [2.05, 4.69) is 10.2 Å². The highest BCUT2D eigenvalue weighted by Crippen LogP contribution is 2.39. The van der Waals surface area contributed by atoms with Gasteiger partial charge in [0.1, 0.15) is 0 Å². The number of esters is 1. The van der Waals surface area contributed by atoms with E-state index in [1.807, 2.05) is 72.8 Å². The predicted octanol–water partition coefficient (Wildman–Crippen LogP) is 4.42. The molecule has 9 nitrogen and oxygen atoms in total. The molecule has 2 fully saturated rings. The highest BCUT2D eigenvalue weighted by Gasteiger charge is 2.35. The molecule has 2 heterocycles. The molecule has 5 rings (SSSR count). The molecule has 2 saturated heterocycles. The van der Waals surface area contributed by atoms with E-state index in [1.54, 1.807) is 6.92 Å². The van der Waals surface area contributed by atoms with Crippen LogP contribution in [0.2, 0.25) is 0 Å². The smallest absolute Gasteiger partial charge is 0.303 e. The molecule has 2 aliphatic heterocycles. The third-order valence-electron chi connectivity index (χ3n) is 8.38. The lowest BCUT2D eigenvalue weighted by molar-refractivity contribution is -0.253. The average molecular weight is 603 g/mol. The number of benzene rings is 3. The Morgan fingerprint density at radius 1 is 0.977 bits per heavy atom. The first-order valence-corrected chi connectivity index (χ1v) is 15.3. The summed E-state index contributed by atoms with van der Waals surface area (Å²) in [5.41, 5.74) is 5.76. The second-order valence-electron chi connectivity index (χ2n) is 11.6. The minimum Gasteiger partial charge on any atom is -0.453 e. The zero-order chi connectivity index (χ0) is 31.1. The van der Waals surface area contributed by atoms with E-state index in [4.69, 9.17) is 14.2 Å². The van der Waals surface area contributed by atoms with Gasteiger partial charge < -0.3 is 29.7 Å². The summed E-state index contributed by atoms with van der Waals surface area (Å²) < 4.78 is 18.0. The molecule has 0 radical (unpaired) electrons. The van der Waals surface area contributed by atoms with Crippen LogP contribution in [0.5, 0.6) is 0 Å². The normalized spacial score (nSPS) is 22.8. The number of likely N-dealkylation sites (tertiary alicyclic amines) is 1. The van der Waals surface area contributed by atoms with Gasteiger partial charge in [0.25, 0.3) is 5.91 Å². The van der Waals surface area contributed by atoms with Gasteiger partial charge in [0, 0.05) is 38.0 Å². The summed E-state index contributed by atoms with van der Waals surface area (Å²) in [6, 6.07) is 24.1. The van der Waals surface area contributed by atoms with Crippen molar-refractivity contribution in [1.29, 1.82) is 0 Å². The van der Waals surface area contributed by atoms with Gasteiger partial charge in [-0.2, -0.15) is 0 Å². The van der Waals surface area contributed by atoms with E-state index in [0.717, 1.165) is 59.3 Å². The predicted molar refractivity (Wildman–Crippen MR) is 165 cm³/mol. The summed E-state index contributed by atoms with van der Waals surface area (Å²) in [6.07, 6.45) is 1.13. The third-order valence-corrected chi connectivity index (χ3v) is 8.38. The van der Waals surface area contributed by atoms with Gasteiger partial charge in [0.15, 0.2) is 12.4 Å². The Kier molecular flexibility index (Phi) is 10.8. The molecule has 1 amide bonds. The molecule has 5 atom stereocenters.